The Morgan fingerprint density at radius 3 is 2.58 bits per heavy atom. The number of hydrogen-bond acceptors (Lipinski definition) is 5. The standard InChI is InChI=1S/C13H10N2O3S/c16-12(13-2-1-9-19-13)7-8-14-10-3-5-11(6-4-10)15(17)18/h1-9,14H/b8-7-. The molecule has 19 heavy (non-hydrogen) atoms. The van der Waals surface area contributed by atoms with Gasteiger partial charge in [-0.1, -0.05) is 6.07 Å². The molecule has 1 aromatic heterocycles. The third kappa shape index (κ3) is 3.49. The Balaban J connectivity index is 1.95. The number of carbonyl (C=O) groups is 1. The van der Waals surface area contributed by atoms with E-state index in [-0.39, 0.29) is 11.5 Å². The molecule has 0 unspecified atom stereocenters. The van der Waals surface area contributed by atoms with E-state index in [1.54, 1.807) is 18.2 Å². The van der Waals surface area contributed by atoms with E-state index in [1.165, 1.54) is 35.7 Å². The fraction of sp³-hybridized carbons (Fsp3) is 0. The van der Waals surface area contributed by atoms with E-state index in [0.29, 0.717) is 10.6 Å². The lowest BCUT2D eigenvalue weighted by molar-refractivity contribution is -0.384. The minimum Gasteiger partial charge on any atom is -0.362 e. The summed E-state index contributed by atoms with van der Waals surface area (Å²) in [5.74, 6) is -0.0792. The van der Waals surface area contributed by atoms with Crippen molar-refractivity contribution < 1.29 is 9.72 Å². The second-order valence-corrected chi connectivity index (χ2v) is 4.57. The number of nitro benzene ring substituents is 1. The maximum Gasteiger partial charge on any atom is 0.269 e. The quantitative estimate of drug-likeness (QED) is 0.392. The lowest BCUT2D eigenvalue weighted by Gasteiger charge is -1.99. The minimum absolute atomic E-state index is 0.0317. The van der Waals surface area contributed by atoms with Crippen molar-refractivity contribution in [3.05, 3.63) is 69.0 Å². The van der Waals surface area contributed by atoms with Gasteiger partial charge in [-0.05, 0) is 23.6 Å². The van der Waals surface area contributed by atoms with Gasteiger partial charge in [0.25, 0.3) is 5.69 Å². The van der Waals surface area contributed by atoms with Gasteiger partial charge < -0.3 is 5.32 Å². The predicted octanol–water partition coefficient (Wildman–Crippen LogP) is 3.46. The van der Waals surface area contributed by atoms with Gasteiger partial charge in [-0.15, -0.1) is 11.3 Å². The summed E-state index contributed by atoms with van der Waals surface area (Å²) in [5, 5.41) is 15.2. The number of anilines is 1. The van der Waals surface area contributed by atoms with Gasteiger partial charge in [0.05, 0.1) is 9.80 Å². The van der Waals surface area contributed by atoms with E-state index < -0.39 is 4.92 Å². The van der Waals surface area contributed by atoms with Crippen LogP contribution in [0.4, 0.5) is 11.4 Å². The summed E-state index contributed by atoms with van der Waals surface area (Å²) in [4.78, 5) is 22.3. The number of carbonyl (C=O) groups excluding carboxylic acids is 1. The van der Waals surface area contributed by atoms with Crippen molar-refractivity contribution in [2.24, 2.45) is 0 Å². The Bertz CT molecular complexity index is 603. The molecule has 0 atom stereocenters. The first-order chi connectivity index (χ1) is 9.16. The second-order valence-electron chi connectivity index (χ2n) is 3.62. The lowest BCUT2D eigenvalue weighted by Crippen LogP contribution is -1.94. The summed E-state index contributed by atoms with van der Waals surface area (Å²) in [7, 11) is 0. The number of hydrogen-bond donors (Lipinski definition) is 1. The Morgan fingerprint density at radius 1 is 1.26 bits per heavy atom. The molecule has 0 spiro atoms. The number of rotatable bonds is 5. The van der Waals surface area contributed by atoms with Crippen molar-refractivity contribution in [3.63, 3.8) is 0 Å². The summed E-state index contributed by atoms with van der Waals surface area (Å²) in [6, 6.07) is 9.53. The van der Waals surface area contributed by atoms with Crippen LogP contribution in [-0.2, 0) is 0 Å². The predicted molar refractivity (Wildman–Crippen MR) is 74.5 cm³/mol. The number of allylic oxidation sites excluding steroid dienone is 1. The number of thiophene rings is 1. The van der Waals surface area contributed by atoms with Gasteiger partial charge in [-0.3, -0.25) is 14.9 Å². The van der Waals surface area contributed by atoms with Gasteiger partial charge in [-0.25, -0.2) is 0 Å². The normalized spacial score (nSPS) is 10.5. The van der Waals surface area contributed by atoms with Gasteiger partial charge in [0.1, 0.15) is 0 Å². The molecule has 0 amide bonds. The van der Waals surface area contributed by atoms with E-state index in [2.05, 4.69) is 5.32 Å². The summed E-state index contributed by atoms with van der Waals surface area (Å²) < 4.78 is 0. The van der Waals surface area contributed by atoms with Crippen molar-refractivity contribution in [2.75, 3.05) is 5.32 Å². The summed E-state index contributed by atoms with van der Waals surface area (Å²) in [6.07, 6.45) is 2.94. The zero-order valence-electron chi connectivity index (χ0n) is 9.78. The zero-order chi connectivity index (χ0) is 13.7. The molecule has 2 aromatic rings. The van der Waals surface area contributed by atoms with Crippen LogP contribution >= 0.6 is 11.3 Å². The molecule has 0 aliphatic carbocycles. The largest absolute Gasteiger partial charge is 0.362 e. The third-order valence-corrected chi connectivity index (χ3v) is 3.21. The number of nitro groups is 1. The van der Waals surface area contributed by atoms with Gasteiger partial charge >= 0.3 is 0 Å². The number of benzene rings is 1. The SMILES string of the molecule is O=C(/C=C\Nc1ccc([N+](=O)[O-])cc1)c1cccs1. The Labute approximate surface area is 113 Å². The maximum absolute atomic E-state index is 11.6. The molecular weight excluding hydrogens is 264 g/mol. The topological polar surface area (TPSA) is 72.2 Å². The molecule has 1 heterocycles. The smallest absolute Gasteiger partial charge is 0.269 e. The lowest BCUT2D eigenvalue weighted by atomic mass is 10.3. The van der Waals surface area contributed by atoms with Crippen LogP contribution < -0.4 is 5.32 Å². The van der Waals surface area contributed by atoms with E-state index in [0.717, 1.165) is 0 Å². The molecule has 5 nitrogen and oxygen atoms in total. The molecule has 1 N–H and O–H groups in total. The summed E-state index contributed by atoms with van der Waals surface area (Å²) in [5.41, 5.74) is 0.713. The monoisotopic (exact) mass is 274 g/mol. The highest BCUT2D eigenvalue weighted by Crippen LogP contribution is 2.15. The molecule has 0 saturated carbocycles. The highest BCUT2D eigenvalue weighted by molar-refractivity contribution is 7.12. The van der Waals surface area contributed by atoms with Gasteiger partial charge in [0.2, 0.25) is 0 Å². The summed E-state index contributed by atoms with van der Waals surface area (Å²) in [6.45, 7) is 0. The van der Waals surface area contributed by atoms with E-state index >= 15 is 0 Å². The van der Waals surface area contributed by atoms with Crippen molar-refractivity contribution in [1.29, 1.82) is 0 Å². The van der Waals surface area contributed by atoms with Crippen LogP contribution in [-0.4, -0.2) is 10.7 Å². The van der Waals surface area contributed by atoms with Crippen LogP contribution in [0.25, 0.3) is 0 Å². The van der Waals surface area contributed by atoms with E-state index in [4.69, 9.17) is 0 Å². The van der Waals surface area contributed by atoms with Crippen LogP contribution in [0.2, 0.25) is 0 Å². The number of nitrogens with one attached hydrogen (secondary N) is 1. The van der Waals surface area contributed by atoms with Crippen molar-refractivity contribution in [3.8, 4) is 0 Å². The van der Waals surface area contributed by atoms with Gasteiger partial charge in [-0.2, -0.15) is 0 Å². The van der Waals surface area contributed by atoms with Crippen molar-refractivity contribution in [2.45, 2.75) is 0 Å². The van der Waals surface area contributed by atoms with Gasteiger partial charge in [0.15, 0.2) is 5.78 Å². The highest BCUT2D eigenvalue weighted by Gasteiger charge is 2.03. The number of nitrogens with zero attached hydrogens (tertiary/aromatic N) is 1. The molecule has 96 valence electrons. The zero-order valence-corrected chi connectivity index (χ0v) is 10.6. The van der Waals surface area contributed by atoms with E-state index in [9.17, 15) is 14.9 Å². The van der Waals surface area contributed by atoms with Gasteiger partial charge in [0, 0.05) is 30.1 Å². The highest BCUT2D eigenvalue weighted by atomic mass is 32.1. The minimum atomic E-state index is -0.458. The van der Waals surface area contributed by atoms with Crippen LogP contribution in [0.3, 0.4) is 0 Å². The molecule has 0 radical (unpaired) electrons. The molecule has 0 fully saturated rings. The maximum atomic E-state index is 11.6. The fourth-order valence-corrected chi connectivity index (χ4v) is 2.04. The number of ketones is 1. The van der Waals surface area contributed by atoms with Crippen LogP contribution in [0, 0.1) is 10.1 Å². The molecular formula is C13H10N2O3S. The van der Waals surface area contributed by atoms with E-state index in [1.807, 2.05) is 11.4 Å². The molecule has 2 rings (SSSR count). The molecule has 0 saturated heterocycles. The molecule has 0 aliphatic rings. The van der Waals surface area contributed by atoms with Crippen molar-refractivity contribution >= 4 is 28.5 Å². The third-order valence-electron chi connectivity index (χ3n) is 2.33. The first kappa shape index (κ1) is 13.0. The molecule has 0 bridgehead atoms. The Kier molecular flexibility index (Phi) is 4.04. The van der Waals surface area contributed by atoms with Crippen LogP contribution in [0.15, 0.2) is 54.1 Å². The Morgan fingerprint density at radius 2 is 2.00 bits per heavy atom. The molecule has 1 aromatic carbocycles. The van der Waals surface area contributed by atoms with Crippen LogP contribution in [0.5, 0.6) is 0 Å². The number of non-ortho nitro benzene ring substituents is 1. The average molecular weight is 274 g/mol. The van der Waals surface area contributed by atoms with Crippen molar-refractivity contribution in [1.82, 2.24) is 0 Å². The Hall–Kier alpha value is -2.47. The molecule has 0 aliphatic heterocycles. The second kappa shape index (κ2) is 5.92. The first-order valence-corrected chi connectivity index (χ1v) is 6.30. The first-order valence-electron chi connectivity index (χ1n) is 5.42. The molecule has 6 heteroatoms. The fourth-order valence-electron chi connectivity index (χ4n) is 1.39. The summed E-state index contributed by atoms with van der Waals surface area (Å²) >= 11 is 1.38. The average Bonchev–Trinajstić information content (AvgIpc) is 2.93. The van der Waals surface area contributed by atoms with Crippen LogP contribution in [0.1, 0.15) is 9.67 Å².